The number of rotatable bonds is 1. The van der Waals surface area contributed by atoms with E-state index in [1.54, 1.807) is 11.8 Å². The Morgan fingerprint density at radius 3 is 2.20 bits per heavy atom. The molecular formula is C14H17Cl2FN2O. The Hall–Kier alpha value is -0.840. The highest BCUT2D eigenvalue weighted by Gasteiger charge is 2.43. The predicted molar refractivity (Wildman–Crippen MR) is 79.7 cm³/mol. The standard InChI is InChI=1S/C14H17Cl2FN2O/c1-7-12(20)19(13(18-7)14(2,3)4)8-5-9(15)11(17)10(16)6-8/h5-7,13,18H,1-4H3/t7-,13-/m1/s1. The van der Waals surface area contributed by atoms with Gasteiger partial charge in [0.15, 0.2) is 5.82 Å². The number of amides is 1. The van der Waals surface area contributed by atoms with Gasteiger partial charge in [-0.3, -0.25) is 15.0 Å². The van der Waals surface area contributed by atoms with Gasteiger partial charge in [-0.15, -0.1) is 0 Å². The van der Waals surface area contributed by atoms with Gasteiger partial charge in [-0.2, -0.15) is 0 Å². The van der Waals surface area contributed by atoms with Crippen LogP contribution >= 0.6 is 23.2 Å². The van der Waals surface area contributed by atoms with Crippen molar-refractivity contribution in [3.05, 3.63) is 28.0 Å². The van der Waals surface area contributed by atoms with Crippen LogP contribution < -0.4 is 10.2 Å². The molecule has 1 amide bonds. The lowest BCUT2D eigenvalue weighted by Crippen LogP contribution is -2.47. The van der Waals surface area contributed by atoms with Crippen molar-refractivity contribution in [3.63, 3.8) is 0 Å². The Labute approximate surface area is 128 Å². The minimum absolute atomic E-state index is 0.0799. The molecule has 0 spiro atoms. The van der Waals surface area contributed by atoms with E-state index in [4.69, 9.17) is 23.2 Å². The van der Waals surface area contributed by atoms with Crippen molar-refractivity contribution in [1.29, 1.82) is 0 Å². The lowest BCUT2D eigenvalue weighted by molar-refractivity contribution is -0.118. The van der Waals surface area contributed by atoms with E-state index in [1.165, 1.54) is 12.1 Å². The molecule has 0 saturated carbocycles. The van der Waals surface area contributed by atoms with Crippen molar-refractivity contribution in [2.45, 2.75) is 39.9 Å². The van der Waals surface area contributed by atoms with Crippen molar-refractivity contribution < 1.29 is 9.18 Å². The predicted octanol–water partition coefficient (Wildman–Crippen LogP) is 3.83. The summed E-state index contributed by atoms with van der Waals surface area (Å²) in [7, 11) is 0. The quantitative estimate of drug-likeness (QED) is 0.798. The van der Waals surface area contributed by atoms with Crippen LogP contribution in [0.5, 0.6) is 0 Å². The van der Waals surface area contributed by atoms with Crippen LogP contribution in [-0.4, -0.2) is 18.1 Å². The molecule has 0 unspecified atom stereocenters. The Kier molecular flexibility index (Phi) is 4.02. The van der Waals surface area contributed by atoms with Crippen molar-refractivity contribution >= 4 is 34.8 Å². The van der Waals surface area contributed by atoms with Crippen LogP contribution in [0.1, 0.15) is 27.7 Å². The second-order valence-electron chi connectivity index (χ2n) is 6.09. The van der Waals surface area contributed by atoms with Gasteiger partial charge in [-0.05, 0) is 24.5 Å². The molecule has 1 fully saturated rings. The van der Waals surface area contributed by atoms with Gasteiger partial charge < -0.3 is 0 Å². The van der Waals surface area contributed by atoms with Crippen LogP contribution in [0.25, 0.3) is 0 Å². The molecule has 0 aromatic heterocycles. The fourth-order valence-corrected chi connectivity index (χ4v) is 2.79. The van der Waals surface area contributed by atoms with Gasteiger partial charge in [-0.25, -0.2) is 4.39 Å². The maximum atomic E-state index is 13.5. The Bertz CT molecular complexity index is 534. The molecule has 6 heteroatoms. The second-order valence-corrected chi connectivity index (χ2v) is 6.90. The average Bonchev–Trinajstić information content (AvgIpc) is 2.62. The summed E-state index contributed by atoms with van der Waals surface area (Å²) >= 11 is 11.7. The summed E-state index contributed by atoms with van der Waals surface area (Å²) in [6.45, 7) is 7.87. The third kappa shape index (κ3) is 2.65. The Morgan fingerprint density at radius 2 is 1.75 bits per heavy atom. The van der Waals surface area contributed by atoms with Gasteiger partial charge in [-0.1, -0.05) is 44.0 Å². The highest BCUT2D eigenvalue weighted by atomic mass is 35.5. The first-order chi connectivity index (χ1) is 9.12. The zero-order valence-electron chi connectivity index (χ0n) is 11.8. The highest BCUT2D eigenvalue weighted by molar-refractivity contribution is 6.35. The van der Waals surface area contributed by atoms with Crippen molar-refractivity contribution in [1.82, 2.24) is 5.32 Å². The summed E-state index contributed by atoms with van der Waals surface area (Å²) < 4.78 is 13.5. The van der Waals surface area contributed by atoms with E-state index in [2.05, 4.69) is 5.32 Å². The van der Waals surface area contributed by atoms with E-state index < -0.39 is 5.82 Å². The van der Waals surface area contributed by atoms with Crippen LogP contribution in [-0.2, 0) is 4.79 Å². The number of hydrogen-bond donors (Lipinski definition) is 1. The smallest absolute Gasteiger partial charge is 0.245 e. The van der Waals surface area contributed by atoms with E-state index in [0.717, 1.165) is 0 Å². The van der Waals surface area contributed by atoms with Crippen molar-refractivity contribution in [2.24, 2.45) is 5.41 Å². The summed E-state index contributed by atoms with van der Waals surface area (Å²) in [5, 5.41) is 3.06. The molecule has 0 bridgehead atoms. The summed E-state index contributed by atoms with van der Waals surface area (Å²) in [6, 6.07) is 2.56. The SMILES string of the molecule is C[C@H]1N[C@@H](C(C)(C)C)N(c2cc(Cl)c(F)c(Cl)c2)C1=O. The first kappa shape index (κ1) is 15.5. The third-order valence-electron chi connectivity index (χ3n) is 3.34. The number of anilines is 1. The molecule has 1 N–H and O–H groups in total. The second kappa shape index (κ2) is 5.17. The first-order valence-corrected chi connectivity index (χ1v) is 7.12. The number of nitrogens with zero attached hydrogens (tertiary/aromatic N) is 1. The van der Waals surface area contributed by atoms with Crippen LogP contribution in [0, 0.1) is 11.2 Å². The molecular weight excluding hydrogens is 302 g/mol. The van der Waals surface area contributed by atoms with Crippen LogP contribution in [0.2, 0.25) is 10.0 Å². The highest BCUT2D eigenvalue weighted by Crippen LogP contribution is 2.36. The summed E-state index contributed by atoms with van der Waals surface area (Å²) in [6.07, 6.45) is -0.206. The molecule has 0 aliphatic carbocycles. The lowest BCUT2D eigenvalue weighted by atomic mass is 9.91. The number of hydrogen-bond acceptors (Lipinski definition) is 2. The first-order valence-electron chi connectivity index (χ1n) is 6.36. The van der Waals surface area contributed by atoms with Gasteiger partial charge in [0, 0.05) is 5.69 Å². The Morgan fingerprint density at radius 1 is 1.25 bits per heavy atom. The fourth-order valence-electron chi connectivity index (χ4n) is 2.31. The normalized spacial score (nSPS) is 23.6. The molecule has 1 aliphatic rings. The largest absolute Gasteiger partial charge is 0.294 e. The average molecular weight is 319 g/mol. The zero-order valence-corrected chi connectivity index (χ0v) is 13.3. The van der Waals surface area contributed by atoms with Crippen molar-refractivity contribution in [2.75, 3.05) is 4.90 Å². The monoisotopic (exact) mass is 318 g/mol. The molecule has 3 nitrogen and oxygen atoms in total. The van der Waals surface area contributed by atoms with E-state index >= 15 is 0 Å². The molecule has 2 rings (SSSR count). The van der Waals surface area contributed by atoms with Gasteiger partial charge in [0.1, 0.15) is 0 Å². The summed E-state index contributed by atoms with van der Waals surface area (Å²) in [5.74, 6) is -0.749. The number of benzene rings is 1. The minimum Gasteiger partial charge on any atom is -0.294 e. The number of halogens is 3. The molecule has 2 atom stereocenters. The van der Waals surface area contributed by atoms with Crippen molar-refractivity contribution in [3.8, 4) is 0 Å². The summed E-state index contributed by atoms with van der Waals surface area (Å²) in [4.78, 5) is 14.0. The number of carbonyl (C=O) groups is 1. The van der Waals surface area contributed by atoms with Crippen LogP contribution in [0.3, 0.4) is 0 Å². The third-order valence-corrected chi connectivity index (χ3v) is 3.89. The lowest BCUT2D eigenvalue weighted by Gasteiger charge is -2.34. The molecule has 1 aliphatic heterocycles. The van der Waals surface area contributed by atoms with E-state index in [0.29, 0.717) is 5.69 Å². The minimum atomic E-state index is -0.669. The molecule has 1 aromatic carbocycles. The molecule has 1 saturated heterocycles. The molecule has 20 heavy (non-hydrogen) atoms. The van der Waals surface area contributed by atoms with Gasteiger partial charge in [0.05, 0.1) is 22.3 Å². The van der Waals surface area contributed by atoms with E-state index in [-0.39, 0.29) is 33.6 Å². The van der Waals surface area contributed by atoms with Gasteiger partial charge in [0.2, 0.25) is 5.91 Å². The Balaban J connectivity index is 2.51. The fraction of sp³-hybridized carbons (Fsp3) is 0.500. The topological polar surface area (TPSA) is 32.3 Å². The maximum absolute atomic E-state index is 13.5. The number of carbonyl (C=O) groups excluding carboxylic acids is 1. The maximum Gasteiger partial charge on any atom is 0.245 e. The molecule has 110 valence electrons. The number of nitrogens with one attached hydrogen (secondary N) is 1. The summed E-state index contributed by atoms with van der Waals surface area (Å²) in [5.41, 5.74) is 0.316. The molecule has 1 aromatic rings. The molecule has 1 heterocycles. The van der Waals surface area contributed by atoms with Gasteiger partial charge >= 0.3 is 0 Å². The van der Waals surface area contributed by atoms with E-state index in [9.17, 15) is 9.18 Å². The van der Waals surface area contributed by atoms with E-state index in [1.807, 2.05) is 20.8 Å². The molecule has 0 radical (unpaired) electrons. The van der Waals surface area contributed by atoms with Gasteiger partial charge in [0.25, 0.3) is 0 Å². The van der Waals surface area contributed by atoms with Crippen LogP contribution in [0.15, 0.2) is 12.1 Å². The van der Waals surface area contributed by atoms with Crippen LogP contribution in [0.4, 0.5) is 10.1 Å². The zero-order chi connectivity index (χ0) is 15.2.